The summed E-state index contributed by atoms with van der Waals surface area (Å²) in [6.07, 6.45) is 1.52. The Morgan fingerprint density at radius 1 is 1.13 bits per heavy atom. The highest BCUT2D eigenvalue weighted by molar-refractivity contribution is 8.00. The number of hydrogen-bond donors (Lipinski definition) is 0. The van der Waals surface area contributed by atoms with Crippen molar-refractivity contribution in [2.45, 2.75) is 16.7 Å². The summed E-state index contributed by atoms with van der Waals surface area (Å²) in [5, 5.41) is 9.89. The van der Waals surface area contributed by atoms with Gasteiger partial charge in [-0.2, -0.15) is 5.26 Å². The molecule has 0 amide bonds. The number of aryl methyl sites for hydroxylation is 1. The van der Waals surface area contributed by atoms with Gasteiger partial charge in [0, 0.05) is 29.0 Å². The molecule has 0 bridgehead atoms. The largest absolute Gasteiger partial charge is 0.264 e. The standard InChI is InChI=1S/C22H16N4O2S3/c1-14-25-19-6-4-17(11-22(19)30-14)31(27,28)26-8-9-29-21-7-3-16(10-20(21)26)18-5-2-15(12-23)13-24-18/h2-7,10-11,13H,8-9H2,1H3. The molecule has 0 N–H and O–H groups in total. The number of sulfonamides is 1. The molecule has 6 nitrogen and oxygen atoms in total. The number of benzene rings is 2. The Hall–Kier alpha value is -2.93. The normalized spacial score (nSPS) is 13.7. The molecule has 154 valence electrons. The molecule has 1 aliphatic heterocycles. The minimum atomic E-state index is -3.73. The molecular formula is C22H16N4O2S3. The van der Waals surface area contributed by atoms with Gasteiger partial charge in [-0.25, -0.2) is 13.4 Å². The molecule has 3 heterocycles. The van der Waals surface area contributed by atoms with Crippen LogP contribution in [0.25, 0.3) is 21.5 Å². The Labute approximate surface area is 188 Å². The summed E-state index contributed by atoms with van der Waals surface area (Å²) in [6.45, 7) is 2.31. The molecule has 4 aromatic rings. The van der Waals surface area contributed by atoms with Crippen LogP contribution in [0.3, 0.4) is 0 Å². The summed E-state index contributed by atoms with van der Waals surface area (Å²) < 4.78 is 29.5. The van der Waals surface area contributed by atoms with Crippen LogP contribution < -0.4 is 4.31 Å². The summed E-state index contributed by atoms with van der Waals surface area (Å²) in [5.41, 5.74) is 3.44. The average Bonchev–Trinajstić information content (AvgIpc) is 3.17. The average molecular weight is 465 g/mol. The second kappa shape index (κ2) is 7.64. The molecule has 0 spiro atoms. The molecule has 5 rings (SSSR count). The molecule has 0 atom stereocenters. The van der Waals surface area contributed by atoms with E-state index < -0.39 is 10.0 Å². The van der Waals surface area contributed by atoms with Gasteiger partial charge in [-0.05, 0) is 49.4 Å². The van der Waals surface area contributed by atoms with Crippen LogP contribution in [0, 0.1) is 18.3 Å². The van der Waals surface area contributed by atoms with E-state index in [0.717, 1.165) is 25.7 Å². The summed E-state index contributed by atoms with van der Waals surface area (Å²) in [6, 6.07) is 16.4. The highest BCUT2D eigenvalue weighted by atomic mass is 32.2. The van der Waals surface area contributed by atoms with Gasteiger partial charge in [-0.15, -0.1) is 23.1 Å². The first kappa shape index (κ1) is 20.0. The lowest BCUT2D eigenvalue weighted by atomic mass is 10.1. The fourth-order valence-corrected chi connectivity index (χ4v) is 7.13. The van der Waals surface area contributed by atoms with Crippen LogP contribution >= 0.6 is 23.1 Å². The molecule has 1 aliphatic rings. The number of nitriles is 1. The van der Waals surface area contributed by atoms with Crippen molar-refractivity contribution in [1.82, 2.24) is 9.97 Å². The van der Waals surface area contributed by atoms with Gasteiger partial charge in [0.2, 0.25) is 0 Å². The molecule has 0 radical (unpaired) electrons. The molecule has 0 saturated carbocycles. The Bertz CT molecular complexity index is 1450. The van der Waals surface area contributed by atoms with Crippen LogP contribution in [-0.2, 0) is 10.0 Å². The third-order valence-corrected chi connectivity index (χ3v) is 8.81. The monoisotopic (exact) mass is 464 g/mol. The van der Waals surface area contributed by atoms with E-state index in [1.807, 2.05) is 25.1 Å². The van der Waals surface area contributed by atoms with E-state index >= 15 is 0 Å². The van der Waals surface area contributed by atoms with Crippen molar-refractivity contribution < 1.29 is 8.42 Å². The van der Waals surface area contributed by atoms with E-state index in [-0.39, 0.29) is 4.90 Å². The minimum Gasteiger partial charge on any atom is -0.264 e. The van der Waals surface area contributed by atoms with E-state index in [1.54, 1.807) is 42.1 Å². The Morgan fingerprint density at radius 3 is 2.77 bits per heavy atom. The maximum absolute atomic E-state index is 13.6. The zero-order valence-electron chi connectivity index (χ0n) is 16.4. The van der Waals surface area contributed by atoms with Gasteiger partial charge in [-0.3, -0.25) is 9.29 Å². The van der Waals surface area contributed by atoms with E-state index in [9.17, 15) is 8.42 Å². The summed E-state index contributed by atoms with van der Waals surface area (Å²) in [7, 11) is -3.73. The lowest BCUT2D eigenvalue weighted by Crippen LogP contribution is -2.35. The number of aromatic nitrogens is 2. The summed E-state index contributed by atoms with van der Waals surface area (Å²) in [4.78, 5) is 9.96. The topological polar surface area (TPSA) is 87.0 Å². The minimum absolute atomic E-state index is 0.267. The van der Waals surface area contributed by atoms with Crippen molar-refractivity contribution in [3.63, 3.8) is 0 Å². The predicted octanol–water partition coefficient (Wildman–Crippen LogP) is 4.84. The van der Waals surface area contributed by atoms with Crippen LogP contribution in [0.15, 0.2) is 64.5 Å². The second-order valence-corrected chi connectivity index (χ2v) is 11.2. The molecule has 0 aliphatic carbocycles. The molecule has 31 heavy (non-hydrogen) atoms. The van der Waals surface area contributed by atoms with Crippen LogP contribution in [0.1, 0.15) is 10.6 Å². The smallest absolute Gasteiger partial charge is 0.264 e. The molecule has 2 aromatic carbocycles. The van der Waals surface area contributed by atoms with Gasteiger partial charge in [0.25, 0.3) is 10.0 Å². The molecular weight excluding hydrogens is 448 g/mol. The quantitative estimate of drug-likeness (QED) is 0.431. The van der Waals surface area contributed by atoms with Crippen LogP contribution in [0.2, 0.25) is 0 Å². The number of thioether (sulfide) groups is 1. The van der Waals surface area contributed by atoms with Gasteiger partial charge in [-0.1, -0.05) is 6.07 Å². The third-order valence-electron chi connectivity index (χ3n) is 5.02. The highest BCUT2D eigenvalue weighted by Crippen LogP contribution is 2.40. The number of nitrogens with zero attached hydrogens (tertiary/aromatic N) is 4. The lowest BCUT2D eigenvalue weighted by Gasteiger charge is -2.30. The molecule has 2 aromatic heterocycles. The van der Waals surface area contributed by atoms with Gasteiger partial charge < -0.3 is 0 Å². The molecule has 0 saturated heterocycles. The van der Waals surface area contributed by atoms with Crippen molar-refractivity contribution in [2.24, 2.45) is 0 Å². The fraction of sp³-hybridized carbons (Fsp3) is 0.136. The van der Waals surface area contributed by atoms with E-state index in [0.29, 0.717) is 29.2 Å². The fourth-order valence-electron chi connectivity index (χ4n) is 3.54. The number of hydrogen-bond acceptors (Lipinski definition) is 7. The van der Waals surface area contributed by atoms with E-state index in [1.165, 1.54) is 21.8 Å². The number of pyridine rings is 1. The van der Waals surface area contributed by atoms with Crippen molar-refractivity contribution in [1.29, 1.82) is 5.26 Å². The predicted molar refractivity (Wildman–Crippen MR) is 124 cm³/mol. The maximum Gasteiger partial charge on any atom is 0.264 e. The number of rotatable bonds is 3. The van der Waals surface area contributed by atoms with E-state index in [4.69, 9.17) is 5.26 Å². The van der Waals surface area contributed by atoms with Gasteiger partial charge in [0.15, 0.2) is 0 Å². The molecule has 9 heteroatoms. The first-order valence-electron chi connectivity index (χ1n) is 9.49. The van der Waals surface area contributed by atoms with Crippen LogP contribution in [0.5, 0.6) is 0 Å². The Balaban J connectivity index is 1.58. The summed E-state index contributed by atoms with van der Waals surface area (Å²) >= 11 is 3.13. The van der Waals surface area contributed by atoms with Crippen molar-refractivity contribution in [3.05, 3.63) is 65.3 Å². The second-order valence-electron chi connectivity index (χ2n) is 7.01. The highest BCUT2D eigenvalue weighted by Gasteiger charge is 2.30. The zero-order chi connectivity index (χ0) is 21.6. The molecule has 0 fully saturated rings. The SMILES string of the molecule is Cc1nc2ccc(S(=O)(=O)N3CCSc4ccc(-c5ccc(C#N)cn5)cc43)cc2s1. The Kier molecular flexibility index (Phi) is 4.93. The third kappa shape index (κ3) is 3.57. The maximum atomic E-state index is 13.6. The van der Waals surface area contributed by atoms with Crippen LogP contribution in [-0.4, -0.2) is 30.7 Å². The van der Waals surface area contributed by atoms with Crippen molar-refractivity contribution >= 4 is 49.0 Å². The van der Waals surface area contributed by atoms with Gasteiger partial charge in [0.1, 0.15) is 6.07 Å². The van der Waals surface area contributed by atoms with Gasteiger partial charge >= 0.3 is 0 Å². The first-order chi connectivity index (χ1) is 15.0. The molecule has 0 unspecified atom stereocenters. The number of thiazole rings is 1. The van der Waals surface area contributed by atoms with Crippen molar-refractivity contribution in [2.75, 3.05) is 16.6 Å². The first-order valence-corrected chi connectivity index (χ1v) is 12.7. The zero-order valence-corrected chi connectivity index (χ0v) is 18.9. The van der Waals surface area contributed by atoms with Crippen LogP contribution in [0.4, 0.5) is 5.69 Å². The van der Waals surface area contributed by atoms with Crippen molar-refractivity contribution in [3.8, 4) is 17.3 Å². The van der Waals surface area contributed by atoms with Gasteiger partial charge in [0.05, 0.1) is 37.1 Å². The van der Waals surface area contributed by atoms with E-state index in [2.05, 4.69) is 16.0 Å². The number of fused-ring (bicyclic) bond motifs is 2. The lowest BCUT2D eigenvalue weighted by molar-refractivity contribution is 0.591. The Morgan fingerprint density at radius 2 is 2.00 bits per heavy atom. The number of anilines is 1. The summed E-state index contributed by atoms with van der Waals surface area (Å²) in [5.74, 6) is 0.683.